The Morgan fingerprint density at radius 3 is 2.70 bits per heavy atom. The zero-order valence-electron chi connectivity index (χ0n) is 11.2. The highest BCUT2D eigenvalue weighted by molar-refractivity contribution is 6.00. The first-order chi connectivity index (χ1) is 9.61. The Bertz CT molecular complexity index is 512. The molecule has 0 atom stereocenters. The van der Waals surface area contributed by atoms with Gasteiger partial charge in [0.05, 0.1) is 10.5 Å². The lowest BCUT2D eigenvalue weighted by Gasteiger charge is -2.23. The fraction of sp³-hybridized carbons (Fsp3) is 0.462. The standard InChI is InChI=1S/C13H17N3O4/c1-14-12-3-2-10(16(18)19)8-11(12)13(17)15-9-4-6-20-7-5-9/h2-3,8-9,14H,4-7H2,1H3,(H,15,17). The SMILES string of the molecule is CNc1ccc([N+](=O)[O-])cc1C(=O)NC1CCOCC1. The fourth-order valence-electron chi connectivity index (χ4n) is 2.16. The first kappa shape index (κ1) is 14.3. The van der Waals surface area contributed by atoms with Crippen LogP contribution in [0.1, 0.15) is 23.2 Å². The molecule has 1 aliphatic heterocycles. The Balaban J connectivity index is 2.18. The summed E-state index contributed by atoms with van der Waals surface area (Å²) in [7, 11) is 1.67. The lowest BCUT2D eigenvalue weighted by atomic mass is 10.1. The molecule has 1 heterocycles. The van der Waals surface area contributed by atoms with Crippen LogP contribution < -0.4 is 10.6 Å². The summed E-state index contributed by atoms with van der Waals surface area (Å²) < 4.78 is 5.23. The van der Waals surface area contributed by atoms with E-state index in [2.05, 4.69) is 10.6 Å². The molecular formula is C13H17N3O4. The minimum Gasteiger partial charge on any atom is -0.387 e. The molecule has 1 aromatic rings. The molecule has 0 aliphatic carbocycles. The van der Waals surface area contributed by atoms with E-state index in [0.29, 0.717) is 18.9 Å². The van der Waals surface area contributed by atoms with E-state index < -0.39 is 4.92 Å². The average Bonchev–Trinajstić information content (AvgIpc) is 2.47. The second-order valence-electron chi connectivity index (χ2n) is 4.60. The predicted molar refractivity (Wildman–Crippen MR) is 74.0 cm³/mol. The number of carbonyl (C=O) groups excluding carboxylic acids is 1. The van der Waals surface area contributed by atoms with Crippen LogP contribution >= 0.6 is 0 Å². The predicted octanol–water partition coefficient (Wildman–Crippen LogP) is 1.55. The van der Waals surface area contributed by atoms with E-state index in [4.69, 9.17) is 4.74 Å². The molecule has 0 unspecified atom stereocenters. The molecule has 0 bridgehead atoms. The maximum atomic E-state index is 12.3. The molecule has 2 rings (SSSR count). The van der Waals surface area contributed by atoms with Crippen LogP contribution in [-0.4, -0.2) is 37.1 Å². The molecule has 2 N–H and O–H groups in total. The Morgan fingerprint density at radius 1 is 1.40 bits per heavy atom. The molecule has 20 heavy (non-hydrogen) atoms. The Labute approximate surface area is 116 Å². The summed E-state index contributed by atoms with van der Waals surface area (Å²) >= 11 is 0. The van der Waals surface area contributed by atoms with Crippen molar-refractivity contribution >= 4 is 17.3 Å². The number of ether oxygens (including phenoxy) is 1. The number of hydrogen-bond acceptors (Lipinski definition) is 5. The van der Waals surface area contributed by atoms with E-state index in [1.54, 1.807) is 7.05 Å². The van der Waals surface area contributed by atoms with Gasteiger partial charge in [0.1, 0.15) is 0 Å². The van der Waals surface area contributed by atoms with Crippen LogP contribution in [0.3, 0.4) is 0 Å². The number of nitrogens with one attached hydrogen (secondary N) is 2. The van der Waals surface area contributed by atoms with E-state index >= 15 is 0 Å². The quantitative estimate of drug-likeness (QED) is 0.644. The molecule has 0 aromatic heterocycles. The molecule has 1 fully saturated rings. The summed E-state index contributed by atoms with van der Waals surface area (Å²) in [4.78, 5) is 22.5. The number of non-ortho nitro benzene ring substituents is 1. The van der Waals surface area contributed by atoms with Gasteiger partial charge >= 0.3 is 0 Å². The van der Waals surface area contributed by atoms with E-state index in [1.165, 1.54) is 18.2 Å². The number of hydrogen-bond donors (Lipinski definition) is 2. The monoisotopic (exact) mass is 279 g/mol. The zero-order valence-corrected chi connectivity index (χ0v) is 11.2. The number of carbonyl (C=O) groups is 1. The maximum Gasteiger partial charge on any atom is 0.270 e. The van der Waals surface area contributed by atoms with Gasteiger partial charge in [-0.25, -0.2) is 0 Å². The van der Waals surface area contributed by atoms with Crippen molar-refractivity contribution in [1.82, 2.24) is 5.32 Å². The third-order valence-electron chi connectivity index (χ3n) is 3.28. The van der Waals surface area contributed by atoms with E-state index in [9.17, 15) is 14.9 Å². The number of anilines is 1. The molecule has 108 valence electrons. The van der Waals surface area contributed by atoms with Gasteiger partial charge in [-0.2, -0.15) is 0 Å². The molecule has 1 aliphatic rings. The van der Waals surface area contributed by atoms with Gasteiger partial charge in [0, 0.05) is 44.1 Å². The minimum atomic E-state index is -0.509. The molecule has 7 heteroatoms. The number of nitrogens with zero attached hydrogens (tertiary/aromatic N) is 1. The number of benzene rings is 1. The van der Waals surface area contributed by atoms with Crippen LogP contribution in [0.25, 0.3) is 0 Å². The lowest BCUT2D eigenvalue weighted by molar-refractivity contribution is -0.384. The second kappa shape index (κ2) is 6.33. The maximum absolute atomic E-state index is 12.3. The smallest absolute Gasteiger partial charge is 0.270 e. The van der Waals surface area contributed by atoms with Crippen LogP contribution in [0.15, 0.2) is 18.2 Å². The van der Waals surface area contributed by atoms with Crippen LogP contribution in [0.2, 0.25) is 0 Å². The number of nitro benzene ring substituents is 1. The Hall–Kier alpha value is -2.15. The highest BCUT2D eigenvalue weighted by Gasteiger charge is 2.20. The molecule has 0 saturated carbocycles. The summed E-state index contributed by atoms with van der Waals surface area (Å²) in [6.45, 7) is 1.25. The van der Waals surface area contributed by atoms with Crippen molar-refractivity contribution in [3.63, 3.8) is 0 Å². The molecular weight excluding hydrogens is 262 g/mol. The summed E-state index contributed by atoms with van der Waals surface area (Å²) in [5.74, 6) is -0.301. The molecule has 7 nitrogen and oxygen atoms in total. The van der Waals surface area contributed by atoms with Gasteiger partial charge in [0.15, 0.2) is 0 Å². The van der Waals surface area contributed by atoms with E-state index in [-0.39, 0.29) is 23.2 Å². The molecule has 1 saturated heterocycles. The lowest BCUT2D eigenvalue weighted by Crippen LogP contribution is -2.39. The summed E-state index contributed by atoms with van der Waals surface area (Å²) in [5, 5.41) is 16.6. The third-order valence-corrected chi connectivity index (χ3v) is 3.28. The van der Waals surface area contributed by atoms with Crippen molar-refractivity contribution in [3.05, 3.63) is 33.9 Å². The Kier molecular flexibility index (Phi) is 4.52. The van der Waals surface area contributed by atoms with Gasteiger partial charge in [-0.05, 0) is 18.9 Å². The zero-order chi connectivity index (χ0) is 14.5. The second-order valence-corrected chi connectivity index (χ2v) is 4.60. The fourth-order valence-corrected chi connectivity index (χ4v) is 2.16. The molecule has 0 radical (unpaired) electrons. The number of nitro groups is 1. The van der Waals surface area contributed by atoms with Crippen molar-refractivity contribution in [2.24, 2.45) is 0 Å². The van der Waals surface area contributed by atoms with Crippen molar-refractivity contribution in [2.75, 3.05) is 25.6 Å². The van der Waals surface area contributed by atoms with Crippen LogP contribution in [-0.2, 0) is 4.74 Å². The van der Waals surface area contributed by atoms with Crippen molar-refractivity contribution in [1.29, 1.82) is 0 Å². The Morgan fingerprint density at radius 2 is 2.10 bits per heavy atom. The summed E-state index contributed by atoms with van der Waals surface area (Å²) in [5.41, 5.74) is 0.759. The topological polar surface area (TPSA) is 93.5 Å². The van der Waals surface area contributed by atoms with Gasteiger partial charge in [-0.15, -0.1) is 0 Å². The van der Waals surface area contributed by atoms with Gasteiger partial charge < -0.3 is 15.4 Å². The average molecular weight is 279 g/mol. The van der Waals surface area contributed by atoms with Gasteiger partial charge in [0.25, 0.3) is 11.6 Å². The highest BCUT2D eigenvalue weighted by atomic mass is 16.6. The minimum absolute atomic E-state index is 0.0558. The van der Waals surface area contributed by atoms with Gasteiger partial charge in [-0.3, -0.25) is 14.9 Å². The van der Waals surface area contributed by atoms with Crippen LogP contribution in [0.5, 0.6) is 0 Å². The number of rotatable bonds is 4. The van der Waals surface area contributed by atoms with Crippen molar-refractivity contribution in [2.45, 2.75) is 18.9 Å². The first-order valence-corrected chi connectivity index (χ1v) is 6.46. The summed E-state index contributed by atoms with van der Waals surface area (Å²) in [6.07, 6.45) is 1.52. The molecule has 1 aromatic carbocycles. The van der Waals surface area contributed by atoms with Crippen LogP contribution in [0.4, 0.5) is 11.4 Å². The largest absolute Gasteiger partial charge is 0.387 e. The normalized spacial score (nSPS) is 15.7. The van der Waals surface area contributed by atoms with Crippen LogP contribution in [0, 0.1) is 10.1 Å². The van der Waals surface area contributed by atoms with Crippen molar-refractivity contribution in [3.8, 4) is 0 Å². The third kappa shape index (κ3) is 3.24. The van der Waals surface area contributed by atoms with Gasteiger partial charge in [0.2, 0.25) is 0 Å². The highest BCUT2D eigenvalue weighted by Crippen LogP contribution is 2.22. The van der Waals surface area contributed by atoms with Gasteiger partial charge in [-0.1, -0.05) is 0 Å². The summed E-state index contributed by atoms with van der Waals surface area (Å²) in [6, 6.07) is 4.26. The van der Waals surface area contributed by atoms with Crippen molar-refractivity contribution < 1.29 is 14.5 Å². The number of amides is 1. The van der Waals surface area contributed by atoms with E-state index in [0.717, 1.165) is 12.8 Å². The first-order valence-electron chi connectivity index (χ1n) is 6.46. The van der Waals surface area contributed by atoms with E-state index in [1.807, 2.05) is 0 Å². The molecule has 0 spiro atoms. The molecule has 1 amide bonds.